The Bertz CT molecular complexity index is 1340. The van der Waals surface area contributed by atoms with Crippen molar-refractivity contribution in [1.82, 2.24) is 5.32 Å². The van der Waals surface area contributed by atoms with Gasteiger partial charge in [-0.3, -0.25) is 4.79 Å². The zero-order valence-corrected chi connectivity index (χ0v) is 49.2. The predicted molar refractivity (Wildman–Crippen MR) is 309 cm³/mol. The third-order valence-corrected chi connectivity index (χ3v) is 16.2. The number of carbonyl (C=O) groups excluding carboxylic acids is 1. The summed E-state index contributed by atoms with van der Waals surface area (Å²) in [5.41, 5.74) is 0. The molecule has 456 valence electrons. The molecule has 12 unspecified atom stereocenters. The van der Waals surface area contributed by atoms with Gasteiger partial charge >= 0.3 is 0 Å². The van der Waals surface area contributed by atoms with Gasteiger partial charge in [-0.05, 0) is 19.3 Å². The fourth-order valence-corrected chi connectivity index (χ4v) is 11.0. The SMILES string of the molecule is CCCCCCCCCCCCCCCCCCCCCCCCCCCCCCC/C=C/C(O)C(COC1OC(CO)C(OC2OC(CO)C(O)C(O)C2O)C(O)C1O)NC(=O)CCCCCCCCCCCCCC. The normalized spacial score (nSPS) is 24.7. The molecule has 2 heterocycles. The fraction of sp³-hybridized carbons (Fsp3) is 0.952. The number of allylic oxidation sites excluding steroid dienone is 1. The number of aliphatic hydroxyl groups excluding tert-OH is 8. The highest BCUT2D eigenvalue weighted by Crippen LogP contribution is 2.30. The molecule has 0 saturated carbocycles. The number of amides is 1. The standard InChI is InChI=1S/C63H121NO13/c1-3-5-7-9-11-13-15-17-18-19-20-21-22-23-24-25-26-27-28-29-30-31-32-33-34-35-36-38-40-42-44-46-52(67)51(64-55(68)47-45-43-41-39-37-16-14-12-10-8-6-4-2)50-74-62-60(73)58(71)61(54(49-66)76-62)77-63-59(72)57(70)56(69)53(48-65)75-63/h44,46,51-54,56-63,65-67,69-73H,3-43,45,47-50H2,1-2H3,(H,64,68)/b46-44+. The highest BCUT2D eigenvalue weighted by atomic mass is 16.7. The van der Waals surface area contributed by atoms with Gasteiger partial charge in [0.05, 0.1) is 32.0 Å². The first-order valence-corrected chi connectivity index (χ1v) is 32.4. The first-order chi connectivity index (χ1) is 37.6. The van der Waals surface area contributed by atoms with E-state index < -0.39 is 86.8 Å². The van der Waals surface area contributed by atoms with E-state index in [1.54, 1.807) is 6.08 Å². The van der Waals surface area contributed by atoms with Crippen molar-refractivity contribution in [3.05, 3.63) is 12.2 Å². The van der Waals surface area contributed by atoms with E-state index in [-0.39, 0.29) is 18.9 Å². The molecule has 77 heavy (non-hydrogen) atoms. The van der Waals surface area contributed by atoms with Gasteiger partial charge in [0.1, 0.15) is 48.8 Å². The summed E-state index contributed by atoms with van der Waals surface area (Å²) in [6, 6.07) is -0.909. The molecule has 0 aromatic carbocycles. The minimum absolute atomic E-state index is 0.236. The van der Waals surface area contributed by atoms with Crippen LogP contribution in [0.5, 0.6) is 0 Å². The predicted octanol–water partition coefficient (Wildman–Crippen LogP) is 11.8. The van der Waals surface area contributed by atoms with E-state index >= 15 is 0 Å². The molecule has 0 radical (unpaired) electrons. The smallest absolute Gasteiger partial charge is 0.220 e. The Kier molecular flexibility index (Phi) is 46.0. The van der Waals surface area contributed by atoms with Gasteiger partial charge in [-0.1, -0.05) is 276 Å². The summed E-state index contributed by atoms with van der Waals surface area (Å²) in [5.74, 6) is -0.236. The monoisotopic (exact) mass is 1100 g/mol. The first-order valence-electron chi connectivity index (χ1n) is 32.4. The molecule has 14 heteroatoms. The van der Waals surface area contributed by atoms with Gasteiger partial charge in [0.15, 0.2) is 12.6 Å². The summed E-state index contributed by atoms with van der Waals surface area (Å²) < 4.78 is 22.8. The van der Waals surface area contributed by atoms with Crippen LogP contribution in [0.2, 0.25) is 0 Å². The van der Waals surface area contributed by atoms with Crippen molar-refractivity contribution in [2.45, 2.75) is 364 Å². The highest BCUT2D eigenvalue weighted by molar-refractivity contribution is 5.76. The Morgan fingerprint density at radius 2 is 0.805 bits per heavy atom. The summed E-state index contributed by atoms with van der Waals surface area (Å²) in [5, 5.41) is 87.1. The van der Waals surface area contributed by atoms with Crippen LogP contribution in [0, 0.1) is 0 Å². The molecule has 2 rings (SSSR count). The molecular weight excluding hydrogens is 979 g/mol. The molecule has 0 aliphatic carbocycles. The molecule has 9 N–H and O–H groups in total. The lowest BCUT2D eigenvalue weighted by Crippen LogP contribution is -2.65. The van der Waals surface area contributed by atoms with E-state index in [0.29, 0.717) is 6.42 Å². The second kappa shape index (κ2) is 49.3. The lowest BCUT2D eigenvalue weighted by Gasteiger charge is -2.46. The zero-order valence-electron chi connectivity index (χ0n) is 49.2. The van der Waals surface area contributed by atoms with E-state index in [1.807, 2.05) is 6.08 Å². The van der Waals surface area contributed by atoms with Crippen LogP contribution in [0.4, 0.5) is 0 Å². The Labute approximate surface area is 469 Å². The molecule has 2 saturated heterocycles. The van der Waals surface area contributed by atoms with Gasteiger partial charge in [-0.15, -0.1) is 0 Å². The minimum atomic E-state index is -1.79. The van der Waals surface area contributed by atoms with E-state index in [0.717, 1.165) is 38.5 Å². The lowest BCUT2D eigenvalue weighted by molar-refractivity contribution is -0.359. The molecule has 2 aliphatic heterocycles. The van der Waals surface area contributed by atoms with Crippen molar-refractivity contribution < 1.29 is 64.6 Å². The molecule has 0 aromatic rings. The molecule has 1 amide bonds. The highest BCUT2D eigenvalue weighted by Gasteiger charge is 2.51. The average molecular weight is 1100 g/mol. The summed E-state index contributed by atoms with van der Waals surface area (Å²) in [6.07, 6.45) is 41.4. The molecule has 0 bridgehead atoms. The Hall–Kier alpha value is -1.27. The minimum Gasteiger partial charge on any atom is -0.394 e. The average Bonchev–Trinajstić information content (AvgIpc) is 3.43. The molecular formula is C63H121NO13. The third-order valence-electron chi connectivity index (χ3n) is 16.2. The van der Waals surface area contributed by atoms with Gasteiger partial charge < -0.3 is 65.1 Å². The number of carbonyl (C=O) groups is 1. The second-order valence-corrected chi connectivity index (χ2v) is 23.3. The van der Waals surface area contributed by atoms with Crippen molar-refractivity contribution in [2.24, 2.45) is 0 Å². The van der Waals surface area contributed by atoms with E-state index in [2.05, 4.69) is 19.2 Å². The maximum atomic E-state index is 13.2. The summed E-state index contributed by atoms with van der Waals surface area (Å²) in [7, 11) is 0. The van der Waals surface area contributed by atoms with Crippen LogP contribution >= 0.6 is 0 Å². The third kappa shape index (κ3) is 34.7. The quantitative estimate of drug-likeness (QED) is 0.0204. The van der Waals surface area contributed by atoms with Crippen LogP contribution in [0.3, 0.4) is 0 Å². The maximum Gasteiger partial charge on any atom is 0.220 e. The molecule has 12 atom stereocenters. The van der Waals surface area contributed by atoms with Gasteiger partial charge in [-0.25, -0.2) is 0 Å². The van der Waals surface area contributed by atoms with Crippen molar-refractivity contribution >= 4 is 5.91 Å². The van der Waals surface area contributed by atoms with Crippen LogP contribution < -0.4 is 5.32 Å². The van der Waals surface area contributed by atoms with Crippen LogP contribution in [-0.2, 0) is 23.7 Å². The zero-order chi connectivity index (χ0) is 56.0. The van der Waals surface area contributed by atoms with Crippen LogP contribution in [-0.4, -0.2) is 140 Å². The van der Waals surface area contributed by atoms with Crippen LogP contribution in [0.25, 0.3) is 0 Å². The van der Waals surface area contributed by atoms with Crippen molar-refractivity contribution in [1.29, 1.82) is 0 Å². The Morgan fingerprint density at radius 1 is 0.455 bits per heavy atom. The van der Waals surface area contributed by atoms with Crippen molar-refractivity contribution in [2.75, 3.05) is 19.8 Å². The summed E-state index contributed by atoms with van der Waals surface area (Å²) >= 11 is 0. The van der Waals surface area contributed by atoms with Crippen molar-refractivity contribution in [3.8, 4) is 0 Å². The number of hydrogen-bond donors (Lipinski definition) is 9. The van der Waals surface area contributed by atoms with Gasteiger partial charge in [0, 0.05) is 6.42 Å². The molecule has 14 nitrogen and oxygen atoms in total. The molecule has 0 aromatic heterocycles. The summed E-state index contributed by atoms with van der Waals surface area (Å²) in [6.45, 7) is 2.82. The first kappa shape index (κ1) is 71.8. The number of aliphatic hydroxyl groups is 8. The van der Waals surface area contributed by atoms with Crippen LogP contribution in [0.15, 0.2) is 12.2 Å². The topological polar surface area (TPSA) is 228 Å². The number of unbranched alkanes of at least 4 members (excludes halogenated alkanes) is 40. The van der Waals surface area contributed by atoms with Gasteiger partial charge in [0.2, 0.25) is 5.91 Å². The van der Waals surface area contributed by atoms with E-state index in [1.165, 1.54) is 225 Å². The van der Waals surface area contributed by atoms with E-state index in [4.69, 9.17) is 18.9 Å². The van der Waals surface area contributed by atoms with Gasteiger partial charge in [-0.2, -0.15) is 0 Å². The number of hydrogen-bond acceptors (Lipinski definition) is 13. The Balaban J connectivity index is 1.65. The number of ether oxygens (including phenoxy) is 4. The molecule has 2 aliphatic rings. The van der Waals surface area contributed by atoms with Crippen LogP contribution in [0.1, 0.15) is 290 Å². The maximum absolute atomic E-state index is 13.2. The largest absolute Gasteiger partial charge is 0.394 e. The number of nitrogens with one attached hydrogen (secondary N) is 1. The molecule has 0 spiro atoms. The Morgan fingerprint density at radius 3 is 1.19 bits per heavy atom. The number of rotatable bonds is 53. The fourth-order valence-electron chi connectivity index (χ4n) is 11.0. The lowest BCUT2D eigenvalue weighted by atomic mass is 9.97. The van der Waals surface area contributed by atoms with Crippen molar-refractivity contribution in [3.63, 3.8) is 0 Å². The molecule has 2 fully saturated rings. The second-order valence-electron chi connectivity index (χ2n) is 23.3. The summed E-state index contributed by atoms with van der Waals surface area (Å²) in [4.78, 5) is 13.2. The van der Waals surface area contributed by atoms with E-state index in [9.17, 15) is 45.6 Å². The van der Waals surface area contributed by atoms with Gasteiger partial charge in [0.25, 0.3) is 0 Å².